The number of nitrogens with one attached hydrogen (secondary N) is 1. The molecule has 0 bridgehead atoms. The van der Waals surface area contributed by atoms with Gasteiger partial charge in [0.25, 0.3) is 0 Å². The Morgan fingerprint density at radius 3 is 2.53 bits per heavy atom. The maximum atomic E-state index is 11.7. The van der Waals surface area contributed by atoms with Crippen LogP contribution in [0.25, 0.3) is 0 Å². The number of methoxy groups -OCH3 is 1. The Balaban J connectivity index is 3.26. The van der Waals surface area contributed by atoms with Gasteiger partial charge >= 0.3 is 5.97 Å². The van der Waals surface area contributed by atoms with E-state index < -0.39 is 5.97 Å². The second-order valence-electron chi connectivity index (χ2n) is 4.82. The molecule has 0 aliphatic carbocycles. The fraction of sp³-hybridized carbons (Fsp3) is 0.500. The molecular weight excluding hydrogens is 284 g/mol. The lowest BCUT2D eigenvalue weighted by atomic mass is 10.1. The highest BCUT2D eigenvalue weighted by Crippen LogP contribution is 2.24. The predicted molar refractivity (Wildman–Crippen MR) is 71.4 cm³/mol. The molecule has 4 nitrogen and oxygen atoms in total. The van der Waals surface area contributed by atoms with Crippen molar-refractivity contribution in [3.8, 4) is 0 Å². The molecule has 0 amide bonds. The van der Waals surface area contributed by atoms with Crippen LogP contribution in [0.3, 0.4) is 0 Å². The smallest absolute Gasteiger partial charge is 0.341 e. The van der Waals surface area contributed by atoms with Crippen molar-refractivity contribution in [2.24, 2.45) is 0 Å². The normalized spacial score (nSPS) is 11.2. The van der Waals surface area contributed by atoms with Crippen LogP contribution >= 0.6 is 15.9 Å². The summed E-state index contributed by atoms with van der Waals surface area (Å²) >= 11 is 3.36. The van der Waals surface area contributed by atoms with Crippen molar-refractivity contribution >= 4 is 27.7 Å². The molecule has 17 heavy (non-hydrogen) atoms. The molecule has 94 valence electrons. The number of nitrogens with zero attached hydrogens (tertiary/aromatic N) is 1. The van der Waals surface area contributed by atoms with E-state index in [1.54, 1.807) is 6.07 Å². The summed E-state index contributed by atoms with van der Waals surface area (Å²) in [6.07, 6.45) is 0. The van der Waals surface area contributed by atoms with Gasteiger partial charge in [-0.25, -0.2) is 9.78 Å². The van der Waals surface area contributed by atoms with Gasteiger partial charge in [0, 0.05) is 10.0 Å². The number of aryl methyl sites for hydroxylation is 1. The van der Waals surface area contributed by atoms with E-state index in [1.165, 1.54) is 7.11 Å². The fourth-order valence-corrected chi connectivity index (χ4v) is 1.61. The second-order valence-corrected chi connectivity index (χ2v) is 5.67. The first-order valence-electron chi connectivity index (χ1n) is 5.28. The second kappa shape index (κ2) is 5.04. The number of aromatic nitrogens is 1. The summed E-state index contributed by atoms with van der Waals surface area (Å²) in [6.45, 7) is 7.90. The maximum absolute atomic E-state index is 11.7. The molecule has 0 aliphatic heterocycles. The van der Waals surface area contributed by atoms with Gasteiger partial charge in [-0.05, 0) is 49.7 Å². The Kier molecular flexibility index (Phi) is 4.14. The van der Waals surface area contributed by atoms with Crippen LogP contribution in [-0.2, 0) is 4.74 Å². The molecule has 0 radical (unpaired) electrons. The molecule has 1 N–H and O–H groups in total. The highest BCUT2D eigenvalue weighted by Gasteiger charge is 2.19. The third-order valence-electron chi connectivity index (χ3n) is 2.05. The number of pyridine rings is 1. The van der Waals surface area contributed by atoms with Crippen molar-refractivity contribution in [2.75, 3.05) is 12.4 Å². The molecule has 1 rings (SSSR count). The van der Waals surface area contributed by atoms with Gasteiger partial charge in [0.05, 0.1) is 12.8 Å². The Bertz CT molecular complexity index is 439. The number of halogens is 1. The molecule has 0 atom stereocenters. The van der Waals surface area contributed by atoms with Gasteiger partial charge in [-0.2, -0.15) is 0 Å². The zero-order valence-electron chi connectivity index (χ0n) is 10.7. The molecule has 0 aromatic carbocycles. The molecule has 0 aliphatic rings. The molecule has 0 spiro atoms. The lowest BCUT2D eigenvalue weighted by Gasteiger charge is -2.23. The number of anilines is 1. The van der Waals surface area contributed by atoms with Crippen molar-refractivity contribution in [1.29, 1.82) is 0 Å². The molecule has 0 saturated carbocycles. The lowest BCUT2D eigenvalue weighted by Crippen LogP contribution is -2.28. The lowest BCUT2D eigenvalue weighted by molar-refractivity contribution is 0.0601. The van der Waals surface area contributed by atoms with Crippen LogP contribution in [0.2, 0.25) is 0 Å². The van der Waals surface area contributed by atoms with Gasteiger partial charge in [0.15, 0.2) is 0 Å². The highest BCUT2D eigenvalue weighted by molar-refractivity contribution is 9.10. The van der Waals surface area contributed by atoms with Gasteiger partial charge < -0.3 is 10.1 Å². The maximum Gasteiger partial charge on any atom is 0.341 e. The Labute approximate surface area is 110 Å². The van der Waals surface area contributed by atoms with Gasteiger partial charge in [-0.3, -0.25) is 0 Å². The SMILES string of the molecule is COC(=O)c1cc(Br)c(C)nc1NC(C)(C)C. The number of hydrogen-bond donors (Lipinski definition) is 1. The monoisotopic (exact) mass is 300 g/mol. The van der Waals surface area contributed by atoms with Gasteiger partial charge in [0.2, 0.25) is 0 Å². The molecule has 1 aromatic rings. The van der Waals surface area contributed by atoms with E-state index in [0.717, 1.165) is 10.2 Å². The summed E-state index contributed by atoms with van der Waals surface area (Å²) in [4.78, 5) is 16.0. The van der Waals surface area contributed by atoms with Crippen molar-refractivity contribution in [3.05, 3.63) is 21.8 Å². The average Bonchev–Trinajstić information content (AvgIpc) is 2.20. The van der Waals surface area contributed by atoms with Crippen LogP contribution in [0.4, 0.5) is 5.82 Å². The van der Waals surface area contributed by atoms with Crippen LogP contribution in [0.5, 0.6) is 0 Å². The predicted octanol–water partition coefficient (Wildman–Crippen LogP) is 3.15. The molecule has 0 fully saturated rings. The standard InChI is InChI=1S/C12H17BrN2O2/c1-7-9(13)6-8(11(16)17-5)10(14-7)15-12(2,3)4/h6H,1-5H3,(H,14,15). The zero-order chi connectivity index (χ0) is 13.2. The third-order valence-corrected chi connectivity index (χ3v) is 2.85. The van der Waals surface area contributed by atoms with E-state index in [9.17, 15) is 4.79 Å². The molecule has 0 saturated heterocycles. The van der Waals surface area contributed by atoms with Crippen molar-refractivity contribution in [1.82, 2.24) is 4.98 Å². The number of carbonyl (C=O) groups is 1. The number of esters is 1. The minimum absolute atomic E-state index is 0.171. The topological polar surface area (TPSA) is 51.2 Å². The quantitative estimate of drug-likeness (QED) is 0.853. The summed E-state index contributed by atoms with van der Waals surface area (Å²) in [5.74, 6) is 0.148. The molecule has 0 unspecified atom stereocenters. The van der Waals surface area contributed by atoms with Crippen LogP contribution in [-0.4, -0.2) is 23.6 Å². The third kappa shape index (κ3) is 3.70. The van der Waals surface area contributed by atoms with Gasteiger partial charge in [-0.1, -0.05) is 0 Å². The Morgan fingerprint density at radius 1 is 1.47 bits per heavy atom. The van der Waals surface area contributed by atoms with Crippen LogP contribution < -0.4 is 5.32 Å². The van der Waals surface area contributed by atoms with Gasteiger partial charge in [-0.15, -0.1) is 0 Å². The largest absolute Gasteiger partial charge is 0.465 e. The van der Waals surface area contributed by atoms with Crippen LogP contribution in [0, 0.1) is 6.92 Å². The number of hydrogen-bond acceptors (Lipinski definition) is 4. The number of rotatable bonds is 2. The molecule has 1 aromatic heterocycles. The first kappa shape index (κ1) is 14.0. The van der Waals surface area contributed by atoms with Crippen molar-refractivity contribution in [2.45, 2.75) is 33.2 Å². The summed E-state index contributed by atoms with van der Waals surface area (Å²) < 4.78 is 5.54. The summed E-state index contributed by atoms with van der Waals surface area (Å²) in [6, 6.07) is 1.72. The number of carbonyl (C=O) groups excluding carboxylic acids is 1. The Hall–Kier alpha value is -1.10. The van der Waals surface area contributed by atoms with Crippen molar-refractivity contribution in [3.63, 3.8) is 0 Å². The van der Waals surface area contributed by atoms with E-state index >= 15 is 0 Å². The summed E-state index contributed by atoms with van der Waals surface area (Å²) in [5.41, 5.74) is 1.08. The first-order valence-corrected chi connectivity index (χ1v) is 6.07. The molecule has 1 heterocycles. The molecule has 5 heteroatoms. The summed E-state index contributed by atoms with van der Waals surface area (Å²) in [7, 11) is 1.36. The zero-order valence-corrected chi connectivity index (χ0v) is 12.3. The van der Waals surface area contributed by atoms with Crippen LogP contribution in [0.1, 0.15) is 36.8 Å². The minimum Gasteiger partial charge on any atom is -0.465 e. The molecular formula is C12H17BrN2O2. The summed E-state index contributed by atoms with van der Waals surface area (Å²) in [5, 5.41) is 3.20. The fourth-order valence-electron chi connectivity index (χ4n) is 1.30. The number of ether oxygens (including phenoxy) is 1. The van der Waals surface area contributed by atoms with Gasteiger partial charge in [0.1, 0.15) is 11.4 Å². The van der Waals surface area contributed by atoms with E-state index in [0.29, 0.717) is 11.4 Å². The van der Waals surface area contributed by atoms with E-state index in [4.69, 9.17) is 4.74 Å². The first-order chi connectivity index (χ1) is 7.74. The highest BCUT2D eigenvalue weighted by atomic mass is 79.9. The van der Waals surface area contributed by atoms with E-state index in [2.05, 4.69) is 26.2 Å². The Morgan fingerprint density at radius 2 is 2.06 bits per heavy atom. The minimum atomic E-state index is -0.398. The van der Waals surface area contributed by atoms with Crippen LogP contribution in [0.15, 0.2) is 10.5 Å². The van der Waals surface area contributed by atoms with E-state index in [-0.39, 0.29) is 5.54 Å². The van der Waals surface area contributed by atoms with E-state index in [1.807, 2.05) is 27.7 Å². The van der Waals surface area contributed by atoms with Crippen molar-refractivity contribution < 1.29 is 9.53 Å². The average molecular weight is 301 g/mol.